The zero-order chi connectivity index (χ0) is 6.69. The summed E-state index contributed by atoms with van der Waals surface area (Å²) < 4.78 is 0. The molecule has 0 aromatic carbocycles. The van der Waals surface area contributed by atoms with E-state index in [4.69, 9.17) is 5.73 Å². The van der Waals surface area contributed by atoms with Gasteiger partial charge in [0.2, 0.25) is 0 Å². The van der Waals surface area contributed by atoms with Crippen molar-refractivity contribution in [2.24, 2.45) is 10.7 Å². The van der Waals surface area contributed by atoms with E-state index in [9.17, 15) is 4.79 Å². The van der Waals surface area contributed by atoms with Gasteiger partial charge < -0.3 is 5.73 Å². The van der Waals surface area contributed by atoms with Crippen LogP contribution in [0.25, 0.3) is 0 Å². The molecule has 1 saturated carbocycles. The summed E-state index contributed by atoms with van der Waals surface area (Å²) in [5.74, 6) is 0. The van der Waals surface area contributed by atoms with Gasteiger partial charge >= 0.3 is 6.03 Å². The van der Waals surface area contributed by atoms with E-state index in [0.717, 1.165) is 31.4 Å². The maximum atomic E-state index is 10.2. The number of rotatable bonds is 0. The molecule has 1 fully saturated rings. The lowest BCUT2D eigenvalue weighted by Crippen LogP contribution is -2.07. The average Bonchev–Trinajstić information content (AvgIpc) is 2.15. The molecular weight excluding hydrogens is 116 g/mol. The van der Waals surface area contributed by atoms with Crippen LogP contribution in [0.3, 0.4) is 0 Å². The second-order valence-corrected chi connectivity index (χ2v) is 2.22. The van der Waals surface area contributed by atoms with Crippen molar-refractivity contribution in [1.82, 2.24) is 0 Å². The van der Waals surface area contributed by atoms with Gasteiger partial charge in [-0.25, -0.2) is 9.79 Å². The smallest absolute Gasteiger partial charge is 0.338 e. The summed E-state index contributed by atoms with van der Waals surface area (Å²) in [6, 6.07) is -0.549. The van der Waals surface area contributed by atoms with Gasteiger partial charge in [-0.05, 0) is 25.7 Å². The Hall–Kier alpha value is -0.860. The topological polar surface area (TPSA) is 55.5 Å². The Kier molecular flexibility index (Phi) is 1.82. The minimum Gasteiger partial charge on any atom is -0.350 e. The SMILES string of the molecule is NC(=O)N=C1CCCC1. The summed E-state index contributed by atoms with van der Waals surface area (Å²) in [6.45, 7) is 0. The van der Waals surface area contributed by atoms with E-state index < -0.39 is 6.03 Å². The first-order valence-corrected chi connectivity index (χ1v) is 3.15. The highest BCUT2D eigenvalue weighted by atomic mass is 16.2. The van der Waals surface area contributed by atoms with Crippen LogP contribution in [0.2, 0.25) is 0 Å². The largest absolute Gasteiger partial charge is 0.350 e. The molecule has 0 unspecified atom stereocenters. The Balaban J connectivity index is 2.49. The van der Waals surface area contributed by atoms with Gasteiger partial charge in [0.1, 0.15) is 0 Å². The van der Waals surface area contributed by atoms with Gasteiger partial charge in [0.05, 0.1) is 0 Å². The molecule has 0 spiro atoms. The number of carbonyl (C=O) groups is 1. The lowest BCUT2D eigenvalue weighted by atomic mass is 10.3. The van der Waals surface area contributed by atoms with E-state index in [1.165, 1.54) is 0 Å². The highest BCUT2D eigenvalue weighted by Gasteiger charge is 2.07. The third-order valence-electron chi connectivity index (χ3n) is 1.45. The van der Waals surface area contributed by atoms with Crippen LogP contribution in [0.1, 0.15) is 25.7 Å². The number of nitrogens with two attached hydrogens (primary N) is 1. The summed E-state index contributed by atoms with van der Waals surface area (Å²) >= 11 is 0. The van der Waals surface area contributed by atoms with Gasteiger partial charge in [-0.1, -0.05) is 0 Å². The molecule has 0 bridgehead atoms. The lowest BCUT2D eigenvalue weighted by Gasteiger charge is -1.87. The first kappa shape index (κ1) is 6.26. The second kappa shape index (κ2) is 2.62. The van der Waals surface area contributed by atoms with Crippen molar-refractivity contribution in [2.45, 2.75) is 25.7 Å². The van der Waals surface area contributed by atoms with Gasteiger partial charge in [0.15, 0.2) is 0 Å². The Bertz CT molecular complexity index is 143. The molecule has 0 radical (unpaired) electrons. The van der Waals surface area contributed by atoms with E-state index in [-0.39, 0.29) is 0 Å². The van der Waals surface area contributed by atoms with Gasteiger partial charge in [0.25, 0.3) is 0 Å². The zero-order valence-corrected chi connectivity index (χ0v) is 5.26. The van der Waals surface area contributed by atoms with E-state index in [2.05, 4.69) is 4.99 Å². The molecule has 0 aromatic heterocycles. The number of nitrogens with zero attached hydrogens (tertiary/aromatic N) is 1. The standard InChI is InChI=1S/C6H10N2O/c7-6(9)8-5-3-1-2-4-5/h1-4H2,(H2,7,9). The number of urea groups is 1. The maximum absolute atomic E-state index is 10.2. The zero-order valence-electron chi connectivity index (χ0n) is 5.26. The molecule has 3 heteroatoms. The van der Waals surface area contributed by atoms with E-state index in [0.29, 0.717) is 0 Å². The molecule has 50 valence electrons. The molecule has 9 heavy (non-hydrogen) atoms. The van der Waals surface area contributed by atoms with Crippen LogP contribution in [0.4, 0.5) is 4.79 Å². The van der Waals surface area contributed by atoms with Crippen molar-refractivity contribution in [3.8, 4) is 0 Å². The third-order valence-corrected chi connectivity index (χ3v) is 1.45. The van der Waals surface area contributed by atoms with Crippen LogP contribution in [-0.2, 0) is 0 Å². The highest BCUT2D eigenvalue weighted by Crippen LogP contribution is 2.14. The number of carbonyl (C=O) groups excluding carboxylic acids is 1. The minimum atomic E-state index is -0.549. The van der Waals surface area contributed by atoms with Crippen LogP contribution in [-0.4, -0.2) is 11.7 Å². The monoisotopic (exact) mass is 126 g/mol. The molecule has 0 aliphatic heterocycles. The fourth-order valence-electron chi connectivity index (χ4n) is 1.05. The molecule has 1 aliphatic carbocycles. The Labute approximate surface area is 54.0 Å². The lowest BCUT2D eigenvalue weighted by molar-refractivity contribution is 0.256. The number of hydrogen-bond acceptors (Lipinski definition) is 1. The van der Waals surface area contributed by atoms with Gasteiger partial charge in [-0.2, -0.15) is 0 Å². The maximum Gasteiger partial charge on any atom is 0.338 e. The predicted octanol–water partition coefficient (Wildman–Crippen LogP) is 1.08. The molecule has 0 saturated heterocycles. The third kappa shape index (κ3) is 1.83. The molecule has 0 heterocycles. The second-order valence-electron chi connectivity index (χ2n) is 2.22. The van der Waals surface area contributed by atoms with E-state index in [1.807, 2.05) is 0 Å². The van der Waals surface area contributed by atoms with Crippen LogP contribution < -0.4 is 5.73 Å². The van der Waals surface area contributed by atoms with Crippen molar-refractivity contribution >= 4 is 11.7 Å². The Morgan fingerprint density at radius 2 is 2.00 bits per heavy atom. The van der Waals surface area contributed by atoms with E-state index >= 15 is 0 Å². The fourth-order valence-corrected chi connectivity index (χ4v) is 1.05. The highest BCUT2D eigenvalue weighted by molar-refractivity contribution is 5.95. The van der Waals surface area contributed by atoms with Crippen molar-refractivity contribution in [3.05, 3.63) is 0 Å². The molecule has 2 N–H and O–H groups in total. The Morgan fingerprint density at radius 3 is 2.44 bits per heavy atom. The number of primary amides is 1. The number of amides is 2. The number of hydrogen-bond donors (Lipinski definition) is 1. The van der Waals surface area contributed by atoms with Crippen LogP contribution in [0.5, 0.6) is 0 Å². The van der Waals surface area contributed by atoms with Gasteiger partial charge in [-0.15, -0.1) is 0 Å². The summed E-state index contributed by atoms with van der Waals surface area (Å²) in [5, 5.41) is 0. The number of aliphatic imine (C=N–C) groups is 1. The van der Waals surface area contributed by atoms with Crippen molar-refractivity contribution in [3.63, 3.8) is 0 Å². The van der Waals surface area contributed by atoms with Crippen LogP contribution in [0.15, 0.2) is 4.99 Å². The van der Waals surface area contributed by atoms with Gasteiger partial charge in [0, 0.05) is 5.71 Å². The Morgan fingerprint density at radius 1 is 1.44 bits per heavy atom. The fraction of sp³-hybridized carbons (Fsp3) is 0.667. The predicted molar refractivity (Wildman–Crippen MR) is 35.5 cm³/mol. The summed E-state index contributed by atoms with van der Waals surface area (Å²) in [5.41, 5.74) is 5.82. The van der Waals surface area contributed by atoms with Gasteiger partial charge in [-0.3, -0.25) is 0 Å². The van der Waals surface area contributed by atoms with E-state index in [1.54, 1.807) is 0 Å². The van der Waals surface area contributed by atoms with Crippen LogP contribution >= 0.6 is 0 Å². The van der Waals surface area contributed by atoms with Crippen LogP contribution in [0, 0.1) is 0 Å². The van der Waals surface area contributed by atoms with Crippen molar-refractivity contribution in [1.29, 1.82) is 0 Å². The molecular formula is C6H10N2O. The molecule has 0 atom stereocenters. The minimum absolute atomic E-state index is 0.549. The molecule has 1 aliphatic rings. The summed E-state index contributed by atoms with van der Waals surface area (Å²) in [7, 11) is 0. The molecule has 3 nitrogen and oxygen atoms in total. The van der Waals surface area contributed by atoms with Crippen molar-refractivity contribution in [2.75, 3.05) is 0 Å². The quantitative estimate of drug-likeness (QED) is 0.518. The van der Waals surface area contributed by atoms with Crippen molar-refractivity contribution < 1.29 is 4.79 Å². The average molecular weight is 126 g/mol. The molecule has 0 aromatic rings. The first-order valence-electron chi connectivity index (χ1n) is 3.15. The molecule has 2 amide bonds. The first-order chi connectivity index (χ1) is 4.29. The summed E-state index contributed by atoms with van der Waals surface area (Å²) in [4.78, 5) is 13.8. The molecule has 1 rings (SSSR count). The summed E-state index contributed by atoms with van der Waals surface area (Å²) in [6.07, 6.45) is 4.24. The normalized spacial score (nSPS) is 18.0.